The van der Waals surface area contributed by atoms with Crippen molar-refractivity contribution in [3.8, 4) is 17.6 Å². The third kappa shape index (κ3) is 3.44. The van der Waals surface area contributed by atoms with E-state index >= 15 is 0 Å². The second-order valence-electron chi connectivity index (χ2n) is 6.67. The lowest BCUT2D eigenvalue weighted by molar-refractivity contribution is 0.412. The molecule has 0 aliphatic rings. The Morgan fingerprint density at radius 2 is 1.75 bits per heavy atom. The summed E-state index contributed by atoms with van der Waals surface area (Å²) in [5.41, 5.74) is 5.17. The number of fused-ring (bicyclic) bond motifs is 1. The topological polar surface area (TPSA) is 71.4 Å². The molecular formula is C22H20N4O2. The lowest BCUT2D eigenvalue weighted by Crippen LogP contribution is -2.10. The van der Waals surface area contributed by atoms with Gasteiger partial charge in [-0.1, -0.05) is 17.7 Å². The molecule has 0 bridgehead atoms. The molecule has 6 heteroatoms. The molecule has 2 aromatic heterocycles. The minimum atomic E-state index is -0.131. The number of aryl methyl sites for hydroxylation is 2. The number of ether oxygens (including phenoxy) is 1. The molecule has 140 valence electrons. The minimum Gasteiger partial charge on any atom is -0.493 e. The van der Waals surface area contributed by atoms with Crippen molar-refractivity contribution in [1.82, 2.24) is 15.0 Å². The maximum atomic E-state index is 10.1. The van der Waals surface area contributed by atoms with Gasteiger partial charge in [0.15, 0.2) is 0 Å². The standard InChI is InChI=1S/C22H20N4O2/c1-14-4-9-20(15(2)12-14)26(3)16-5-7-17(8-6-16)28-22-24-19-13-23-11-10-18(19)21(27)25-22/h4-13H,1-3H3,(H,24,25,27). The Morgan fingerprint density at radius 1 is 0.964 bits per heavy atom. The van der Waals surface area contributed by atoms with Crippen LogP contribution < -0.4 is 9.64 Å². The highest BCUT2D eigenvalue weighted by Gasteiger charge is 2.10. The van der Waals surface area contributed by atoms with Crippen LogP contribution in [0.15, 0.2) is 60.9 Å². The van der Waals surface area contributed by atoms with Gasteiger partial charge in [0.05, 0.1) is 17.1 Å². The molecule has 0 unspecified atom stereocenters. The monoisotopic (exact) mass is 372 g/mol. The van der Waals surface area contributed by atoms with Crippen LogP contribution in [0.1, 0.15) is 11.1 Å². The number of rotatable bonds is 4. The fraction of sp³-hybridized carbons (Fsp3) is 0.136. The molecule has 0 fully saturated rings. The van der Waals surface area contributed by atoms with Gasteiger partial charge in [-0.25, -0.2) is 0 Å². The van der Waals surface area contributed by atoms with Gasteiger partial charge in [0, 0.05) is 24.6 Å². The Morgan fingerprint density at radius 3 is 2.50 bits per heavy atom. The summed E-state index contributed by atoms with van der Waals surface area (Å²) in [5, 5.41) is 10.6. The zero-order chi connectivity index (χ0) is 19.7. The fourth-order valence-corrected chi connectivity index (χ4v) is 3.15. The van der Waals surface area contributed by atoms with Gasteiger partial charge in [0.1, 0.15) is 5.75 Å². The summed E-state index contributed by atoms with van der Waals surface area (Å²) in [4.78, 5) is 14.4. The number of anilines is 2. The van der Waals surface area contributed by atoms with E-state index in [9.17, 15) is 5.11 Å². The summed E-state index contributed by atoms with van der Waals surface area (Å²) in [6.45, 7) is 4.19. The number of aromatic nitrogens is 3. The first-order chi connectivity index (χ1) is 13.5. The van der Waals surface area contributed by atoms with Gasteiger partial charge in [-0.15, -0.1) is 0 Å². The van der Waals surface area contributed by atoms with Crippen LogP contribution in [-0.4, -0.2) is 27.1 Å². The second kappa shape index (κ2) is 7.15. The molecular weight excluding hydrogens is 352 g/mol. The summed E-state index contributed by atoms with van der Waals surface area (Å²) in [6, 6.07) is 15.8. The average molecular weight is 372 g/mol. The number of hydrogen-bond donors (Lipinski definition) is 1. The summed E-state index contributed by atoms with van der Waals surface area (Å²) < 4.78 is 5.72. The van der Waals surface area contributed by atoms with Gasteiger partial charge in [-0.3, -0.25) is 4.98 Å². The highest BCUT2D eigenvalue weighted by atomic mass is 16.5. The molecule has 0 aliphatic heterocycles. The Hall–Kier alpha value is -3.67. The van der Waals surface area contributed by atoms with E-state index in [-0.39, 0.29) is 11.9 Å². The maximum absolute atomic E-state index is 10.1. The quantitative estimate of drug-likeness (QED) is 0.549. The first kappa shape index (κ1) is 17.7. The van der Waals surface area contributed by atoms with Crippen LogP contribution in [0, 0.1) is 13.8 Å². The SMILES string of the molecule is Cc1ccc(N(C)c2ccc(Oc3nc(O)c4ccncc4n3)cc2)c(C)c1. The molecule has 0 spiro atoms. The van der Waals surface area contributed by atoms with E-state index in [0.717, 1.165) is 11.4 Å². The molecule has 0 radical (unpaired) electrons. The Labute approximate surface area is 163 Å². The van der Waals surface area contributed by atoms with E-state index in [1.165, 1.54) is 11.1 Å². The van der Waals surface area contributed by atoms with E-state index in [4.69, 9.17) is 4.74 Å². The van der Waals surface area contributed by atoms with Gasteiger partial charge in [0.25, 0.3) is 0 Å². The predicted octanol–water partition coefficient (Wildman–Crippen LogP) is 4.91. The largest absolute Gasteiger partial charge is 0.493 e. The molecule has 0 aliphatic carbocycles. The third-order valence-electron chi connectivity index (χ3n) is 4.61. The number of nitrogens with zero attached hydrogens (tertiary/aromatic N) is 4. The van der Waals surface area contributed by atoms with Gasteiger partial charge in [-0.05, 0) is 55.8 Å². The first-order valence-electron chi connectivity index (χ1n) is 8.91. The second-order valence-corrected chi connectivity index (χ2v) is 6.67. The normalized spacial score (nSPS) is 10.8. The first-order valence-corrected chi connectivity index (χ1v) is 8.91. The zero-order valence-electron chi connectivity index (χ0n) is 15.9. The van der Waals surface area contributed by atoms with E-state index in [2.05, 4.69) is 51.9 Å². The molecule has 28 heavy (non-hydrogen) atoms. The van der Waals surface area contributed by atoms with Crippen molar-refractivity contribution in [2.45, 2.75) is 13.8 Å². The third-order valence-corrected chi connectivity index (χ3v) is 4.61. The summed E-state index contributed by atoms with van der Waals surface area (Å²) >= 11 is 0. The van der Waals surface area contributed by atoms with Gasteiger partial charge >= 0.3 is 6.01 Å². The van der Waals surface area contributed by atoms with Crippen molar-refractivity contribution in [3.05, 3.63) is 72.1 Å². The van der Waals surface area contributed by atoms with Gasteiger partial charge < -0.3 is 14.7 Å². The van der Waals surface area contributed by atoms with Crippen molar-refractivity contribution in [2.24, 2.45) is 0 Å². The van der Waals surface area contributed by atoms with Crippen molar-refractivity contribution in [2.75, 3.05) is 11.9 Å². The number of aromatic hydroxyl groups is 1. The predicted molar refractivity (Wildman–Crippen MR) is 109 cm³/mol. The van der Waals surface area contributed by atoms with Gasteiger partial charge in [-0.2, -0.15) is 9.97 Å². The Bertz CT molecular complexity index is 1140. The molecule has 0 saturated heterocycles. The number of hydrogen-bond acceptors (Lipinski definition) is 6. The summed E-state index contributed by atoms with van der Waals surface area (Å²) in [7, 11) is 2.03. The van der Waals surface area contributed by atoms with Crippen LogP contribution in [0.2, 0.25) is 0 Å². The van der Waals surface area contributed by atoms with E-state index in [0.29, 0.717) is 16.7 Å². The molecule has 4 aromatic rings. The van der Waals surface area contributed by atoms with Crippen LogP contribution in [0.25, 0.3) is 10.9 Å². The highest BCUT2D eigenvalue weighted by Crippen LogP contribution is 2.30. The smallest absolute Gasteiger partial charge is 0.325 e. The van der Waals surface area contributed by atoms with Crippen LogP contribution in [0.3, 0.4) is 0 Å². The molecule has 2 aromatic carbocycles. The van der Waals surface area contributed by atoms with Crippen LogP contribution in [0.5, 0.6) is 17.6 Å². The van der Waals surface area contributed by atoms with Crippen molar-refractivity contribution in [3.63, 3.8) is 0 Å². The Kier molecular flexibility index (Phi) is 4.53. The van der Waals surface area contributed by atoms with Crippen LogP contribution in [0.4, 0.5) is 11.4 Å². The van der Waals surface area contributed by atoms with Crippen molar-refractivity contribution >= 4 is 22.3 Å². The van der Waals surface area contributed by atoms with Crippen LogP contribution in [-0.2, 0) is 0 Å². The lowest BCUT2D eigenvalue weighted by atomic mass is 10.1. The van der Waals surface area contributed by atoms with Crippen molar-refractivity contribution < 1.29 is 9.84 Å². The summed E-state index contributed by atoms with van der Waals surface area (Å²) in [6.07, 6.45) is 3.14. The summed E-state index contributed by atoms with van der Waals surface area (Å²) in [5.74, 6) is 0.453. The van der Waals surface area contributed by atoms with Crippen molar-refractivity contribution in [1.29, 1.82) is 0 Å². The molecule has 4 rings (SSSR count). The minimum absolute atomic E-state index is 0.0773. The Balaban J connectivity index is 1.56. The van der Waals surface area contributed by atoms with E-state index < -0.39 is 0 Å². The zero-order valence-corrected chi connectivity index (χ0v) is 15.9. The maximum Gasteiger partial charge on any atom is 0.325 e. The molecule has 0 saturated carbocycles. The molecule has 2 heterocycles. The molecule has 0 atom stereocenters. The molecule has 6 nitrogen and oxygen atoms in total. The lowest BCUT2D eigenvalue weighted by Gasteiger charge is -2.22. The van der Waals surface area contributed by atoms with E-state index in [1.807, 2.05) is 31.3 Å². The van der Waals surface area contributed by atoms with Crippen LogP contribution >= 0.6 is 0 Å². The highest BCUT2D eigenvalue weighted by molar-refractivity contribution is 5.82. The fourth-order valence-electron chi connectivity index (χ4n) is 3.15. The number of benzene rings is 2. The van der Waals surface area contributed by atoms with E-state index in [1.54, 1.807) is 18.5 Å². The van der Waals surface area contributed by atoms with Gasteiger partial charge in [0.2, 0.25) is 5.88 Å². The average Bonchev–Trinajstić information content (AvgIpc) is 2.68. The molecule has 0 amide bonds. The molecule has 1 N–H and O–H groups in total. The number of pyridine rings is 1.